The Bertz CT molecular complexity index is 1530. The van der Waals surface area contributed by atoms with Gasteiger partial charge >= 0.3 is 5.97 Å². The van der Waals surface area contributed by atoms with Crippen LogP contribution in [0.3, 0.4) is 0 Å². The summed E-state index contributed by atoms with van der Waals surface area (Å²) in [4.78, 5) is 46.9. The summed E-state index contributed by atoms with van der Waals surface area (Å²) in [7, 11) is 1.31. The zero-order valence-corrected chi connectivity index (χ0v) is 19.9. The maximum absolute atomic E-state index is 13.9. The highest BCUT2D eigenvalue weighted by Crippen LogP contribution is 2.35. The second-order valence-corrected chi connectivity index (χ2v) is 9.13. The normalized spacial score (nSPS) is 18.5. The van der Waals surface area contributed by atoms with E-state index >= 15 is 0 Å². The lowest BCUT2D eigenvalue weighted by Gasteiger charge is -2.24. The molecule has 3 aromatic rings. The zero-order chi connectivity index (χ0) is 24.0. The number of hydrogen-bond acceptors (Lipinski definition) is 6. The Hall–Kier alpha value is -3.78. The van der Waals surface area contributed by atoms with Gasteiger partial charge in [-0.25, -0.2) is 9.79 Å². The van der Waals surface area contributed by atoms with Gasteiger partial charge in [-0.15, -0.1) is 0 Å². The molecule has 0 spiro atoms. The number of ether oxygens (including phenoxy) is 1. The summed E-state index contributed by atoms with van der Waals surface area (Å²) in [5.41, 5.74) is 3.16. The van der Waals surface area contributed by atoms with Crippen LogP contribution in [0.5, 0.6) is 0 Å². The summed E-state index contributed by atoms with van der Waals surface area (Å²) in [5.74, 6) is -0.724. The van der Waals surface area contributed by atoms with Crippen molar-refractivity contribution in [1.82, 2.24) is 4.57 Å². The maximum Gasteiger partial charge on any atom is 0.338 e. The molecule has 2 aromatic carbocycles. The topological polar surface area (TPSA) is 81.0 Å². The Morgan fingerprint density at radius 2 is 1.79 bits per heavy atom. The average Bonchev–Trinajstić information content (AvgIpc) is 3.31. The van der Waals surface area contributed by atoms with Gasteiger partial charge in [-0.3, -0.25) is 14.2 Å². The van der Waals surface area contributed by atoms with Crippen LogP contribution in [0.2, 0.25) is 0 Å². The minimum Gasteiger partial charge on any atom is -0.466 e. The van der Waals surface area contributed by atoms with E-state index in [0.717, 1.165) is 23.2 Å². The largest absolute Gasteiger partial charge is 0.466 e. The molecule has 2 aliphatic rings. The van der Waals surface area contributed by atoms with E-state index in [1.54, 1.807) is 11.8 Å². The van der Waals surface area contributed by atoms with Crippen LogP contribution in [0, 0.1) is 0 Å². The third kappa shape index (κ3) is 3.25. The number of allylic oxidation sites excluding steroid dienone is 1. The lowest BCUT2D eigenvalue weighted by Crippen LogP contribution is -2.40. The fourth-order valence-electron chi connectivity index (χ4n) is 4.64. The van der Waals surface area contributed by atoms with Crippen molar-refractivity contribution in [3.63, 3.8) is 0 Å². The highest BCUT2D eigenvalue weighted by molar-refractivity contribution is 7.07. The SMILES string of the molecule is CCCN1C(=O)C(=c2sc3n(c2=O)C(c2ccccc2)C(C(=O)OC)=C(C)N=3)c2ccccc21. The molecule has 0 fully saturated rings. The number of nitrogens with zero attached hydrogens (tertiary/aromatic N) is 3. The van der Waals surface area contributed by atoms with E-state index < -0.39 is 12.0 Å². The van der Waals surface area contributed by atoms with Crippen molar-refractivity contribution < 1.29 is 14.3 Å². The number of carbonyl (C=O) groups excluding carboxylic acids is 2. The standard InChI is InChI=1S/C26H23N3O4S/c1-4-14-28-18-13-9-8-12-17(18)20(23(28)30)22-24(31)29-21(16-10-6-5-7-11-16)19(25(32)33-3)15(2)27-26(29)34-22/h5-13,21H,4,14H2,1-3H3. The van der Waals surface area contributed by atoms with Gasteiger partial charge in [0.15, 0.2) is 4.80 Å². The zero-order valence-electron chi connectivity index (χ0n) is 19.1. The molecule has 5 rings (SSSR count). The molecule has 2 aliphatic heterocycles. The molecular weight excluding hydrogens is 450 g/mol. The smallest absolute Gasteiger partial charge is 0.338 e. The molecule has 0 radical (unpaired) electrons. The monoisotopic (exact) mass is 473 g/mol. The van der Waals surface area contributed by atoms with E-state index in [4.69, 9.17) is 4.74 Å². The summed E-state index contributed by atoms with van der Waals surface area (Å²) in [6.45, 7) is 4.32. The molecule has 0 saturated heterocycles. The predicted molar refractivity (Wildman–Crippen MR) is 130 cm³/mol. The number of esters is 1. The second-order valence-electron chi connectivity index (χ2n) is 8.15. The van der Waals surface area contributed by atoms with Crippen molar-refractivity contribution >= 4 is 34.5 Å². The molecule has 0 bridgehead atoms. The van der Waals surface area contributed by atoms with Gasteiger partial charge in [0.2, 0.25) is 0 Å². The average molecular weight is 474 g/mol. The Labute approximate surface area is 199 Å². The van der Waals surface area contributed by atoms with Crippen molar-refractivity contribution in [2.75, 3.05) is 18.6 Å². The third-order valence-electron chi connectivity index (χ3n) is 6.12. The lowest BCUT2D eigenvalue weighted by molar-refractivity contribution is -0.136. The number of anilines is 1. The molecule has 1 atom stereocenters. The summed E-state index contributed by atoms with van der Waals surface area (Å²) in [6, 6.07) is 16.2. The first kappa shape index (κ1) is 22.0. The van der Waals surface area contributed by atoms with Gasteiger partial charge in [0.1, 0.15) is 4.53 Å². The quantitative estimate of drug-likeness (QED) is 0.546. The van der Waals surface area contributed by atoms with E-state index in [1.165, 1.54) is 23.0 Å². The fraction of sp³-hybridized carbons (Fsp3) is 0.231. The molecule has 1 unspecified atom stereocenters. The van der Waals surface area contributed by atoms with Gasteiger partial charge < -0.3 is 9.64 Å². The van der Waals surface area contributed by atoms with Gasteiger partial charge in [0.05, 0.1) is 35.7 Å². The molecular formula is C26H23N3O4S. The van der Waals surface area contributed by atoms with Crippen LogP contribution in [-0.4, -0.2) is 30.1 Å². The first-order valence-electron chi connectivity index (χ1n) is 11.1. The number of thiazole rings is 1. The number of aromatic nitrogens is 1. The van der Waals surface area contributed by atoms with Crippen LogP contribution >= 0.6 is 11.3 Å². The molecule has 1 aromatic heterocycles. The first-order chi connectivity index (χ1) is 16.5. The van der Waals surface area contributed by atoms with E-state index in [2.05, 4.69) is 4.99 Å². The van der Waals surface area contributed by atoms with Crippen molar-refractivity contribution in [2.45, 2.75) is 26.3 Å². The van der Waals surface area contributed by atoms with Crippen molar-refractivity contribution in [3.8, 4) is 0 Å². The van der Waals surface area contributed by atoms with Crippen LogP contribution in [0.25, 0.3) is 5.57 Å². The summed E-state index contributed by atoms with van der Waals surface area (Å²) >= 11 is 1.18. The first-order valence-corrected chi connectivity index (χ1v) is 11.9. The van der Waals surface area contributed by atoms with Crippen LogP contribution in [0.1, 0.15) is 37.4 Å². The van der Waals surface area contributed by atoms with Gasteiger partial charge in [0, 0.05) is 12.1 Å². The molecule has 0 aliphatic carbocycles. The Kier molecular flexibility index (Phi) is 5.53. The summed E-state index contributed by atoms with van der Waals surface area (Å²) in [6.07, 6.45) is 0.796. The van der Waals surface area contributed by atoms with E-state index in [1.807, 2.05) is 61.5 Å². The molecule has 172 valence electrons. The number of benzene rings is 2. The lowest BCUT2D eigenvalue weighted by atomic mass is 9.96. The minimum absolute atomic E-state index is 0.187. The number of rotatable bonds is 4. The van der Waals surface area contributed by atoms with Crippen molar-refractivity contribution in [3.05, 3.63) is 96.7 Å². The number of carbonyl (C=O) groups is 2. The highest BCUT2D eigenvalue weighted by Gasteiger charge is 2.36. The van der Waals surface area contributed by atoms with E-state index in [9.17, 15) is 14.4 Å². The van der Waals surface area contributed by atoms with E-state index in [0.29, 0.717) is 32.7 Å². The predicted octanol–water partition coefficient (Wildman–Crippen LogP) is 2.54. The van der Waals surface area contributed by atoms with Gasteiger partial charge in [-0.2, -0.15) is 0 Å². The highest BCUT2D eigenvalue weighted by atomic mass is 32.1. The molecule has 1 amide bonds. The summed E-state index contributed by atoms with van der Waals surface area (Å²) in [5, 5.41) is 0. The minimum atomic E-state index is -0.697. The second kappa shape index (κ2) is 8.53. The van der Waals surface area contributed by atoms with E-state index in [-0.39, 0.29) is 11.5 Å². The Balaban J connectivity index is 1.83. The van der Waals surface area contributed by atoms with Crippen LogP contribution in [0.4, 0.5) is 5.69 Å². The number of para-hydroxylation sites is 1. The summed E-state index contributed by atoms with van der Waals surface area (Å²) < 4.78 is 6.89. The number of fused-ring (bicyclic) bond motifs is 2. The van der Waals surface area contributed by atoms with Crippen molar-refractivity contribution in [1.29, 1.82) is 0 Å². The third-order valence-corrected chi connectivity index (χ3v) is 7.17. The molecule has 7 nitrogen and oxygen atoms in total. The fourth-order valence-corrected chi connectivity index (χ4v) is 5.78. The van der Waals surface area contributed by atoms with Crippen LogP contribution in [0.15, 0.2) is 75.7 Å². The van der Waals surface area contributed by atoms with Crippen LogP contribution in [-0.2, 0) is 14.3 Å². The number of hydrogen-bond donors (Lipinski definition) is 0. The van der Waals surface area contributed by atoms with Gasteiger partial charge in [-0.05, 0) is 25.0 Å². The maximum atomic E-state index is 13.9. The molecule has 8 heteroatoms. The molecule has 34 heavy (non-hydrogen) atoms. The van der Waals surface area contributed by atoms with Crippen molar-refractivity contribution in [2.24, 2.45) is 4.99 Å². The molecule has 3 heterocycles. The number of amides is 1. The number of methoxy groups -OCH3 is 1. The van der Waals surface area contributed by atoms with Crippen LogP contribution < -0.4 is 19.8 Å². The Morgan fingerprint density at radius 1 is 1.09 bits per heavy atom. The van der Waals surface area contributed by atoms with Gasteiger partial charge in [-0.1, -0.05) is 66.8 Å². The Morgan fingerprint density at radius 3 is 2.50 bits per heavy atom. The molecule has 0 N–H and O–H groups in total. The van der Waals surface area contributed by atoms with Gasteiger partial charge in [0.25, 0.3) is 11.5 Å². The molecule has 0 saturated carbocycles.